The Morgan fingerprint density at radius 3 is 2.77 bits per heavy atom. The highest BCUT2D eigenvalue weighted by atomic mass is 16.4. The van der Waals surface area contributed by atoms with Crippen LogP contribution in [0.2, 0.25) is 0 Å². The molecular formula is C15H21N5O2. The Morgan fingerprint density at radius 2 is 2.14 bits per heavy atom. The molecule has 1 saturated heterocycles. The molecule has 3 heterocycles. The molecule has 2 aromatic rings. The van der Waals surface area contributed by atoms with Gasteiger partial charge in [0.05, 0.1) is 0 Å². The number of carboxylic acid groups (broad SMARTS) is 1. The van der Waals surface area contributed by atoms with E-state index in [0.717, 1.165) is 17.6 Å². The van der Waals surface area contributed by atoms with E-state index < -0.39 is 6.09 Å². The Labute approximate surface area is 128 Å². The molecule has 7 nitrogen and oxygen atoms in total. The average Bonchev–Trinajstić information content (AvgIpc) is 3.01. The van der Waals surface area contributed by atoms with Gasteiger partial charge in [0.1, 0.15) is 11.8 Å². The topological polar surface area (TPSA) is 96.8 Å². The summed E-state index contributed by atoms with van der Waals surface area (Å²) in [6.45, 7) is 6.76. The van der Waals surface area contributed by atoms with Gasteiger partial charge in [0, 0.05) is 24.2 Å². The number of nitrogen functional groups attached to an aromatic ring is 1. The third kappa shape index (κ3) is 2.17. The zero-order valence-electron chi connectivity index (χ0n) is 13.0. The first-order valence-electron chi connectivity index (χ1n) is 7.38. The summed E-state index contributed by atoms with van der Waals surface area (Å²) in [7, 11) is 0. The molecule has 0 bridgehead atoms. The van der Waals surface area contributed by atoms with Crippen molar-refractivity contribution in [1.82, 2.24) is 19.5 Å². The highest BCUT2D eigenvalue weighted by Gasteiger charge is 2.45. The summed E-state index contributed by atoms with van der Waals surface area (Å²) in [4.78, 5) is 17.1. The lowest BCUT2D eigenvalue weighted by Gasteiger charge is -2.36. The van der Waals surface area contributed by atoms with Crippen LogP contribution in [0, 0.1) is 5.41 Å². The highest BCUT2D eigenvalue weighted by molar-refractivity contribution is 5.67. The molecule has 0 radical (unpaired) electrons. The maximum absolute atomic E-state index is 11.6. The Kier molecular flexibility index (Phi) is 3.23. The lowest BCUT2D eigenvalue weighted by atomic mass is 9.78. The lowest BCUT2D eigenvalue weighted by molar-refractivity contribution is 0.101. The van der Waals surface area contributed by atoms with Crippen molar-refractivity contribution in [2.45, 2.75) is 39.2 Å². The molecular weight excluding hydrogens is 282 g/mol. The van der Waals surface area contributed by atoms with E-state index >= 15 is 0 Å². The number of nitrogens with two attached hydrogens (primary N) is 1. The molecule has 0 spiro atoms. The number of nitrogens with zero attached hydrogens (tertiary/aromatic N) is 4. The number of aromatic nitrogens is 3. The number of carbonyl (C=O) groups is 1. The third-order valence-corrected chi connectivity index (χ3v) is 4.42. The van der Waals surface area contributed by atoms with Crippen molar-refractivity contribution in [2.24, 2.45) is 5.41 Å². The number of rotatable bonds is 1. The van der Waals surface area contributed by atoms with E-state index in [0.29, 0.717) is 12.4 Å². The van der Waals surface area contributed by atoms with E-state index in [1.165, 1.54) is 6.33 Å². The Bertz CT molecular complexity index is 718. The summed E-state index contributed by atoms with van der Waals surface area (Å²) in [6.07, 6.45) is 1.35. The summed E-state index contributed by atoms with van der Waals surface area (Å²) in [5.41, 5.74) is 7.48. The van der Waals surface area contributed by atoms with Gasteiger partial charge in [-0.05, 0) is 24.0 Å². The first-order valence-corrected chi connectivity index (χ1v) is 7.38. The zero-order valence-corrected chi connectivity index (χ0v) is 13.0. The predicted octanol–water partition coefficient (Wildman–Crippen LogP) is 2.19. The van der Waals surface area contributed by atoms with Crippen LogP contribution in [0.4, 0.5) is 10.6 Å². The quantitative estimate of drug-likeness (QED) is 0.841. The van der Waals surface area contributed by atoms with Gasteiger partial charge in [-0.15, -0.1) is 0 Å². The van der Waals surface area contributed by atoms with E-state index in [9.17, 15) is 9.90 Å². The van der Waals surface area contributed by atoms with Crippen LogP contribution in [0.25, 0.3) is 5.52 Å². The van der Waals surface area contributed by atoms with Crippen LogP contribution in [0.15, 0.2) is 18.5 Å². The van der Waals surface area contributed by atoms with Crippen LogP contribution in [-0.2, 0) is 0 Å². The molecule has 118 valence electrons. The molecule has 1 aliphatic rings. The molecule has 7 heteroatoms. The van der Waals surface area contributed by atoms with Gasteiger partial charge in [-0.3, -0.25) is 0 Å². The molecule has 1 fully saturated rings. The largest absolute Gasteiger partial charge is 0.465 e. The minimum atomic E-state index is -0.863. The van der Waals surface area contributed by atoms with Gasteiger partial charge in [-0.25, -0.2) is 14.3 Å². The van der Waals surface area contributed by atoms with Crippen LogP contribution in [0.1, 0.15) is 38.8 Å². The van der Waals surface area contributed by atoms with Crippen molar-refractivity contribution in [3.63, 3.8) is 0 Å². The fourth-order valence-electron chi connectivity index (χ4n) is 3.64. The molecule has 2 aromatic heterocycles. The number of hydrogen-bond donors (Lipinski definition) is 2. The first-order chi connectivity index (χ1) is 10.3. The fraction of sp³-hybridized carbons (Fsp3) is 0.533. The SMILES string of the molecule is CC(C)(C)C1C(c2ccc3c(N)ncnn23)CCN1C(=O)O. The van der Waals surface area contributed by atoms with E-state index in [1.807, 2.05) is 12.1 Å². The Hall–Kier alpha value is -2.31. The number of likely N-dealkylation sites (tertiary alicyclic amines) is 1. The van der Waals surface area contributed by atoms with E-state index in [2.05, 4.69) is 30.9 Å². The van der Waals surface area contributed by atoms with Crippen molar-refractivity contribution in [2.75, 3.05) is 12.3 Å². The average molecular weight is 303 g/mol. The Morgan fingerprint density at radius 1 is 1.41 bits per heavy atom. The predicted molar refractivity (Wildman–Crippen MR) is 82.7 cm³/mol. The molecule has 2 unspecified atom stereocenters. The Balaban J connectivity index is 2.09. The summed E-state index contributed by atoms with van der Waals surface area (Å²) in [6, 6.07) is 3.78. The molecule has 22 heavy (non-hydrogen) atoms. The van der Waals surface area contributed by atoms with Gasteiger partial charge >= 0.3 is 6.09 Å². The number of amides is 1. The summed E-state index contributed by atoms with van der Waals surface area (Å²) < 4.78 is 1.79. The molecule has 0 aliphatic carbocycles. The van der Waals surface area contributed by atoms with Crippen LogP contribution in [0.3, 0.4) is 0 Å². The van der Waals surface area contributed by atoms with E-state index in [4.69, 9.17) is 5.73 Å². The van der Waals surface area contributed by atoms with Crippen LogP contribution < -0.4 is 5.73 Å². The number of anilines is 1. The first kappa shape index (κ1) is 14.6. The smallest absolute Gasteiger partial charge is 0.407 e. The second kappa shape index (κ2) is 4.86. The van der Waals surface area contributed by atoms with Crippen molar-refractivity contribution < 1.29 is 9.90 Å². The van der Waals surface area contributed by atoms with Gasteiger partial charge in [0.15, 0.2) is 5.82 Å². The van der Waals surface area contributed by atoms with E-state index in [1.54, 1.807) is 9.42 Å². The van der Waals surface area contributed by atoms with Crippen molar-refractivity contribution in [1.29, 1.82) is 0 Å². The number of hydrogen-bond acceptors (Lipinski definition) is 4. The van der Waals surface area contributed by atoms with Gasteiger partial charge in [-0.2, -0.15) is 5.10 Å². The monoisotopic (exact) mass is 303 g/mol. The highest BCUT2D eigenvalue weighted by Crippen LogP contribution is 2.43. The molecule has 1 aliphatic heterocycles. The maximum atomic E-state index is 11.6. The van der Waals surface area contributed by atoms with Gasteiger partial charge in [0.2, 0.25) is 0 Å². The molecule has 3 rings (SSSR count). The summed E-state index contributed by atoms with van der Waals surface area (Å²) >= 11 is 0. The second-order valence-electron chi connectivity index (χ2n) is 6.88. The molecule has 1 amide bonds. The molecule has 0 saturated carbocycles. The number of fused-ring (bicyclic) bond motifs is 1. The molecule has 2 atom stereocenters. The third-order valence-electron chi connectivity index (χ3n) is 4.42. The second-order valence-corrected chi connectivity index (χ2v) is 6.88. The summed E-state index contributed by atoms with van der Waals surface area (Å²) in [5.74, 6) is 0.523. The van der Waals surface area contributed by atoms with Gasteiger partial charge in [0.25, 0.3) is 0 Å². The summed E-state index contributed by atoms with van der Waals surface area (Å²) in [5, 5.41) is 13.8. The zero-order chi connectivity index (χ0) is 16.1. The van der Waals surface area contributed by atoms with Crippen LogP contribution in [-0.4, -0.2) is 43.3 Å². The van der Waals surface area contributed by atoms with E-state index in [-0.39, 0.29) is 17.4 Å². The van der Waals surface area contributed by atoms with Crippen LogP contribution in [0.5, 0.6) is 0 Å². The molecule has 3 N–H and O–H groups in total. The van der Waals surface area contributed by atoms with Gasteiger partial charge < -0.3 is 15.7 Å². The van der Waals surface area contributed by atoms with Gasteiger partial charge in [-0.1, -0.05) is 20.8 Å². The maximum Gasteiger partial charge on any atom is 0.407 e. The van der Waals surface area contributed by atoms with Crippen LogP contribution >= 0.6 is 0 Å². The normalized spacial score (nSPS) is 22.4. The molecule has 0 aromatic carbocycles. The minimum absolute atomic E-state index is 0.0906. The van der Waals surface area contributed by atoms with Crippen molar-refractivity contribution >= 4 is 17.4 Å². The fourth-order valence-corrected chi connectivity index (χ4v) is 3.64. The van der Waals surface area contributed by atoms with Crippen molar-refractivity contribution in [3.05, 3.63) is 24.2 Å². The lowest BCUT2D eigenvalue weighted by Crippen LogP contribution is -2.45. The standard InChI is InChI=1S/C15H21N5O2/c1-15(2,3)12-9(6-7-19(12)14(21)22)10-4-5-11-13(16)17-8-18-20(10)11/h4-5,8-9,12H,6-7H2,1-3H3,(H,21,22)(H2,16,17,18). The van der Waals surface area contributed by atoms with Crippen molar-refractivity contribution in [3.8, 4) is 0 Å². The minimum Gasteiger partial charge on any atom is -0.465 e.